The lowest BCUT2D eigenvalue weighted by Gasteiger charge is -2.43. The van der Waals surface area contributed by atoms with Crippen molar-refractivity contribution in [3.8, 4) is 0 Å². The van der Waals surface area contributed by atoms with E-state index < -0.39 is 16.6 Å². The van der Waals surface area contributed by atoms with E-state index in [4.69, 9.17) is 9.47 Å². The third kappa shape index (κ3) is 4.95. The number of nitrogens with zero attached hydrogens (tertiary/aromatic N) is 1. The minimum atomic E-state index is -1.14. The highest BCUT2D eigenvalue weighted by Gasteiger charge is 2.51. The third-order valence-corrected chi connectivity index (χ3v) is 6.54. The molecular formula is C18H34N2O4S. The molecule has 2 saturated heterocycles. The first-order chi connectivity index (χ1) is 11.3. The molecule has 0 aromatic rings. The highest BCUT2D eigenvalue weighted by molar-refractivity contribution is 7.84. The van der Waals surface area contributed by atoms with E-state index in [0.29, 0.717) is 19.7 Å². The van der Waals surface area contributed by atoms with E-state index in [-0.39, 0.29) is 28.4 Å². The largest absolute Gasteiger partial charge is 0.444 e. The summed E-state index contributed by atoms with van der Waals surface area (Å²) in [6.45, 7) is 15.5. The first-order valence-corrected chi connectivity index (χ1v) is 10.3. The molecular weight excluding hydrogens is 340 g/mol. The number of amides is 1. The summed E-state index contributed by atoms with van der Waals surface area (Å²) in [5.41, 5.74) is -0.552. The van der Waals surface area contributed by atoms with Crippen molar-refractivity contribution >= 4 is 17.1 Å². The second-order valence-electron chi connectivity index (χ2n) is 9.32. The Hall–Kier alpha value is -0.660. The van der Waals surface area contributed by atoms with Crippen molar-refractivity contribution in [1.29, 1.82) is 0 Å². The molecule has 0 aliphatic carbocycles. The Morgan fingerprint density at radius 2 is 1.76 bits per heavy atom. The van der Waals surface area contributed by atoms with Crippen LogP contribution in [0.5, 0.6) is 0 Å². The molecule has 6 nitrogen and oxygen atoms in total. The maximum atomic E-state index is 12.6. The maximum Gasteiger partial charge on any atom is 0.410 e. The van der Waals surface area contributed by atoms with Crippen molar-refractivity contribution in [2.24, 2.45) is 5.41 Å². The van der Waals surface area contributed by atoms with E-state index in [2.05, 4.69) is 4.72 Å². The standard InChI is InChI=1S/C18H34N2O4S/c1-13-14(19-25(22)17(5,6)7)18(12-23-13)8-10-20(11-9-18)15(21)24-16(2,3)4/h13-14,19H,8-12H2,1-7H3/t13?,14?,25-/m1/s1. The molecule has 146 valence electrons. The summed E-state index contributed by atoms with van der Waals surface area (Å²) in [6, 6.07) is 0.0355. The monoisotopic (exact) mass is 374 g/mol. The molecule has 1 amide bonds. The van der Waals surface area contributed by atoms with Crippen molar-refractivity contribution in [2.75, 3.05) is 19.7 Å². The van der Waals surface area contributed by atoms with Gasteiger partial charge in [-0.05, 0) is 61.3 Å². The average Bonchev–Trinajstić information content (AvgIpc) is 2.75. The van der Waals surface area contributed by atoms with Crippen LogP contribution < -0.4 is 4.72 Å². The van der Waals surface area contributed by atoms with Gasteiger partial charge in [0.2, 0.25) is 0 Å². The Bertz CT molecular complexity index is 516. The molecule has 2 fully saturated rings. The van der Waals surface area contributed by atoms with Gasteiger partial charge in [0.05, 0.1) is 34.5 Å². The quantitative estimate of drug-likeness (QED) is 0.807. The fraction of sp³-hybridized carbons (Fsp3) is 0.944. The molecule has 2 heterocycles. The number of carbonyl (C=O) groups is 1. The van der Waals surface area contributed by atoms with Crippen molar-refractivity contribution in [2.45, 2.75) is 83.8 Å². The summed E-state index contributed by atoms with van der Waals surface area (Å²) < 4.78 is 27.0. The lowest BCUT2D eigenvalue weighted by Crippen LogP contribution is -2.55. The molecule has 3 atom stereocenters. The van der Waals surface area contributed by atoms with Crippen molar-refractivity contribution in [3.05, 3.63) is 0 Å². The highest BCUT2D eigenvalue weighted by atomic mass is 32.2. The second-order valence-corrected chi connectivity index (χ2v) is 11.3. The van der Waals surface area contributed by atoms with E-state index >= 15 is 0 Å². The fourth-order valence-corrected chi connectivity index (χ4v) is 4.44. The molecule has 2 aliphatic rings. The second kappa shape index (κ2) is 7.16. The van der Waals surface area contributed by atoms with Crippen molar-refractivity contribution in [3.63, 3.8) is 0 Å². The number of rotatable bonds is 2. The number of ether oxygens (including phenoxy) is 2. The zero-order valence-corrected chi connectivity index (χ0v) is 17.5. The van der Waals surface area contributed by atoms with Crippen molar-refractivity contribution < 1.29 is 18.5 Å². The molecule has 25 heavy (non-hydrogen) atoms. The zero-order chi connectivity index (χ0) is 19.0. The SMILES string of the molecule is CC1OCC2(CCN(C(=O)OC(C)(C)C)CC2)C1N[S@](=O)C(C)(C)C. The normalized spacial score (nSPS) is 28.2. The van der Waals surface area contributed by atoms with Crippen molar-refractivity contribution in [1.82, 2.24) is 9.62 Å². The summed E-state index contributed by atoms with van der Waals surface area (Å²) in [4.78, 5) is 14.1. The van der Waals surface area contributed by atoms with Gasteiger partial charge in [0.15, 0.2) is 0 Å². The van der Waals surface area contributed by atoms with Crippen LogP contribution in [0.2, 0.25) is 0 Å². The van der Waals surface area contributed by atoms with Gasteiger partial charge in [-0.25, -0.2) is 13.7 Å². The first kappa shape index (κ1) is 20.6. The number of likely N-dealkylation sites (tertiary alicyclic amines) is 1. The van der Waals surface area contributed by atoms with Gasteiger partial charge in [-0.3, -0.25) is 0 Å². The molecule has 0 aromatic heterocycles. The molecule has 2 rings (SSSR count). The average molecular weight is 375 g/mol. The van der Waals surface area contributed by atoms with Gasteiger partial charge in [-0.2, -0.15) is 0 Å². The van der Waals surface area contributed by atoms with Gasteiger partial charge >= 0.3 is 6.09 Å². The Labute approximate surface area is 154 Å². The van der Waals surface area contributed by atoms with Gasteiger partial charge in [-0.1, -0.05) is 0 Å². The smallest absolute Gasteiger partial charge is 0.410 e. The molecule has 0 saturated carbocycles. The van der Waals surface area contributed by atoms with Gasteiger partial charge in [0.1, 0.15) is 5.60 Å². The minimum absolute atomic E-state index is 0.0133. The molecule has 1 spiro atoms. The van der Waals surface area contributed by atoms with E-state index in [9.17, 15) is 9.00 Å². The maximum absolute atomic E-state index is 12.6. The summed E-state index contributed by atoms with van der Waals surface area (Å²) >= 11 is 0. The van der Waals surface area contributed by atoms with Crippen LogP contribution in [0.3, 0.4) is 0 Å². The minimum Gasteiger partial charge on any atom is -0.444 e. The Morgan fingerprint density at radius 1 is 1.20 bits per heavy atom. The Kier molecular flexibility index (Phi) is 5.91. The molecule has 2 aliphatic heterocycles. The summed E-state index contributed by atoms with van der Waals surface area (Å²) in [5.74, 6) is 0. The summed E-state index contributed by atoms with van der Waals surface area (Å²) in [7, 11) is -1.14. The molecule has 0 bridgehead atoms. The van der Waals surface area contributed by atoms with Crippen LogP contribution in [-0.2, 0) is 20.5 Å². The van der Waals surface area contributed by atoms with E-state index in [1.165, 1.54) is 0 Å². The van der Waals surface area contributed by atoms with Crippen LogP contribution in [0.4, 0.5) is 4.79 Å². The summed E-state index contributed by atoms with van der Waals surface area (Å²) in [5, 5.41) is 0. The van der Waals surface area contributed by atoms with E-state index in [0.717, 1.165) is 12.8 Å². The molecule has 0 radical (unpaired) electrons. The van der Waals surface area contributed by atoms with Crippen LogP contribution in [0.1, 0.15) is 61.3 Å². The zero-order valence-electron chi connectivity index (χ0n) is 16.7. The predicted octanol–water partition coefficient (Wildman–Crippen LogP) is 2.84. The Balaban J connectivity index is 2.02. The molecule has 2 unspecified atom stereocenters. The van der Waals surface area contributed by atoms with Gasteiger partial charge < -0.3 is 14.4 Å². The molecule has 1 N–H and O–H groups in total. The Morgan fingerprint density at radius 3 is 2.24 bits per heavy atom. The number of nitrogens with one attached hydrogen (secondary N) is 1. The first-order valence-electron chi connectivity index (χ1n) is 9.12. The van der Waals surface area contributed by atoms with Gasteiger partial charge in [-0.15, -0.1) is 0 Å². The van der Waals surface area contributed by atoms with Crippen LogP contribution in [-0.4, -0.2) is 57.4 Å². The number of piperidine rings is 1. The highest BCUT2D eigenvalue weighted by Crippen LogP contribution is 2.42. The topological polar surface area (TPSA) is 67.9 Å². The third-order valence-electron chi connectivity index (χ3n) is 4.96. The van der Waals surface area contributed by atoms with Crippen LogP contribution in [0.15, 0.2) is 0 Å². The lowest BCUT2D eigenvalue weighted by atomic mass is 9.73. The van der Waals surface area contributed by atoms with Gasteiger partial charge in [0, 0.05) is 18.5 Å². The molecule has 0 aromatic carbocycles. The molecule has 7 heteroatoms. The summed E-state index contributed by atoms with van der Waals surface area (Å²) in [6.07, 6.45) is 1.42. The van der Waals surface area contributed by atoms with Gasteiger partial charge in [0.25, 0.3) is 0 Å². The lowest BCUT2D eigenvalue weighted by molar-refractivity contribution is 0.00648. The number of hydrogen-bond acceptors (Lipinski definition) is 4. The predicted molar refractivity (Wildman–Crippen MR) is 99.7 cm³/mol. The van der Waals surface area contributed by atoms with Crippen LogP contribution in [0, 0.1) is 5.41 Å². The number of carbonyl (C=O) groups excluding carboxylic acids is 1. The van der Waals surface area contributed by atoms with E-state index in [1.54, 1.807) is 4.90 Å². The van der Waals surface area contributed by atoms with E-state index in [1.807, 2.05) is 48.5 Å². The van der Waals surface area contributed by atoms with Crippen LogP contribution >= 0.6 is 0 Å². The van der Waals surface area contributed by atoms with Crippen LogP contribution in [0.25, 0.3) is 0 Å². The number of hydrogen-bond donors (Lipinski definition) is 1. The fourth-order valence-electron chi connectivity index (χ4n) is 3.41.